The molecule has 2 aromatic rings. The van der Waals surface area contributed by atoms with E-state index in [1.807, 2.05) is 24.3 Å². The zero-order valence-electron chi connectivity index (χ0n) is 9.74. The topological polar surface area (TPSA) is 17.8 Å². The Labute approximate surface area is 94.7 Å². The van der Waals surface area contributed by atoms with Gasteiger partial charge in [-0.15, -0.1) is 0 Å². The van der Waals surface area contributed by atoms with Gasteiger partial charge in [0.1, 0.15) is 5.69 Å². The number of hydrogen-bond donors (Lipinski definition) is 0. The fourth-order valence-corrected chi connectivity index (χ4v) is 1.76. The number of aryl methyl sites for hydroxylation is 1. The molecular formula is C13H15FN2. The summed E-state index contributed by atoms with van der Waals surface area (Å²) in [7, 11) is 1.74. The SMILES string of the molecule is CC(C)c1ccc(-c2c(F)cnn2C)cc1. The first-order valence-electron chi connectivity index (χ1n) is 5.37. The van der Waals surface area contributed by atoms with Crippen LogP contribution in [0.4, 0.5) is 4.39 Å². The Bertz CT molecular complexity index is 464. The van der Waals surface area contributed by atoms with Gasteiger partial charge in [0, 0.05) is 12.6 Å². The van der Waals surface area contributed by atoms with Gasteiger partial charge in [0.15, 0.2) is 5.82 Å². The van der Waals surface area contributed by atoms with Gasteiger partial charge in [-0.1, -0.05) is 38.1 Å². The van der Waals surface area contributed by atoms with Crippen molar-refractivity contribution in [2.24, 2.45) is 7.05 Å². The quantitative estimate of drug-likeness (QED) is 0.755. The van der Waals surface area contributed by atoms with Crippen LogP contribution in [0.25, 0.3) is 11.3 Å². The van der Waals surface area contributed by atoms with Gasteiger partial charge in [0.25, 0.3) is 0 Å². The summed E-state index contributed by atoms with van der Waals surface area (Å²) in [6, 6.07) is 7.95. The molecule has 0 fully saturated rings. The minimum Gasteiger partial charge on any atom is -0.265 e. The lowest BCUT2D eigenvalue weighted by atomic mass is 10.0. The lowest BCUT2D eigenvalue weighted by Crippen LogP contribution is -1.95. The second-order valence-corrected chi connectivity index (χ2v) is 4.24. The maximum atomic E-state index is 13.5. The van der Waals surface area contributed by atoms with E-state index in [2.05, 4.69) is 18.9 Å². The molecule has 1 aromatic carbocycles. The number of halogens is 1. The number of benzene rings is 1. The molecule has 0 bridgehead atoms. The van der Waals surface area contributed by atoms with Crippen molar-refractivity contribution in [1.82, 2.24) is 9.78 Å². The Hall–Kier alpha value is -1.64. The molecule has 0 amide bonds. The van der Waals surface area contributed by atoms with Crippen molar-refractivity contribution >= 4 is 0 Å². The molecule has 0 N–H and O–H groups in total. The fourth-order valence-electron chi connectivity index (χ4n) is 1.76. The van der Waals surface area contributed by atoms with Crippen LogP contribution in [0.3, 0.4) is 0 Å². The van der Waals surface area contributed by atoms with Crippen LogP contribution in [-0.2, 0) is 7.05 Å². The second-order valence-electron chi connectivity index (χ2n) is 4.24. The summed E-state index contributed by atoms with van der Waals surface area (Å²) >= 11 is 0. The van der Waals surface area contributed by atoms with Gasteiger partial charge in [0.05, 0.1) is 6.20 Å². The predicted molar refractivity (Wildman–Crippen MR) is 62.7 cm³/mol. The standard InChI is InChI=1S/C13H15FN2/c1-9(2)10-4-6-11(7-5-10)13-12(14)8-15-16(13)3/h4-9H,1-3H3. The fraction of sp³-hybridized carbons (Fsp3) is 0.308. The van der Waals surface area contributed by atoms with Crippen LogP contribution in [-0.4, -0.2) is 9.78 Å². The molecule has 1 heterocycles. The van der Waals surface area contributed by atoms with E-state index in [9.17, 15) is 4.39 Å². The Morgan fingerprint density at radius 1 is 1.19 bits per heavy atom. The number of aromatic nitrogens is 2. The van der Waals surface area contributed by atoms with E-state index in [1.165, 1.54) is 11.8 Å². The minimum atomic E-state index is -0.278. The van der Waals surface area contributed by atoms with Crippen LogP contribution < -0.4 is 0 Å². The van der Waals surface area contributed by atoms with Gasteiger partial charge < -0.3 is 0 Å². The van der Waals surface area contributed by atoms with Crippen molar-refractivity contribution < 1.29 is 4.39 Å². The van der Waals surface area contributed by atoms with Gasteiger partial charge >= 0.3 is 0 Å². The third-order valence-electron chi connectivity index (χ3n) is 2.74. The van der Waals surface area contributed by atoms with Crippen LogP contribution in [0.5, 0.6) is 0 Å². The van der Waals surface area contributed by atoms with E-state index in [-0.39, 0.29) is 5.82 Å². The Morgan fingerprint density at radius 2 is 1.81 bits per heavy atom. The lowest BCUT2D eigenvalue weighted by Gasteiger charge is -2.07. The molecule has 3 heteroatoms. The first-order chi connectivity index (χ1) is 7.59. The summed E-state index contributed by atoms with van der Waals surface area (Å²) in [4.78, 5) is 0. The van der Waals surface area contributed by atoms with Crippen molar-refractivity contribution in [3.63, 3.8) is 0 Å². The van der Waals surface area contributed by atoms with Crippen LogP contribution in [0.15, 0.2) is 30.5 Å². The van der Waals surface area contributed by atoms with Crippen molar-refractivity contribution in [3.05, 3.63) is 41.8 Å². The van der Waals surface area contributed by atoms with Gasteiger partial charge in [-0.25, -0.2) is 4.39 Å². The molecule has 0 unspecified atom stereocenters. The second kappa shape index (κ2) is 4.08. The summed E-state index contributed by atoms with van der Waals surface area (Å²) in [5, 5.41) is 3.89. The molecule has 1 aromatic heterocycles. The van der Waals surface area contributed by atoms with Crippen LogP contribution >= 0.6 is 0 Å². The van der Waals surface area contributed by atoms with E-state index < -0.39 is 0 Å². The van der Waals surface area contributed by atoms with Crippen LogP contribution in [0, 0.1) is 5.82 Å². The minimum absolute atomic E-state index is 0.278. The molecule has 0 aliphatic rings. The van der Waals surface area contributed by atoms with Gasteiger partial charge in [0.2, 0.25) is 0 Å². The predicted octanol–water partition coefficient (Wildman–Crippen LogP) is 3.35. The smallest absolute Gasteiger partial charge is 0.169 e. The summed E-state index contributed by atoms with van der Waals surface area (Å²) in [5.41, 5.74) is 2.66. The third-order valence-corrected chi connectivity index (χ3v) is 2.74. The molecule has 0 saturated carbocycles. The highest BCUT2D eigenvalue weighted by molar-refractivity contribution is 5.60. The van der Waals surface area contributed by atoms with Gasteiger partial charge in [-0.3, -0.25) is 4.68 Å². The van der Waals surface area contributed by atoms with Gasteiger partial charge in [-0.05, 0) is 11.5 Å². The van der Waals surface area contributed by atoms with Crippen molar-refractivity contribution in [2.45, 2.75) is 19.8 Å². The largest absolute Gasteiger partial charge is 0.265 e. The summed E-state index contributed by atoms with van der Waals surface area (Å²) in [5.74, 6) is 0.213. The molecule has 0 spiro atoms. The average molecular weight is 218 g/mol. The Balaban J connectivity index is 2.42. The molecule has 0 aliphatic carbocycles. The monoisotopic (exact) mass is 218 g/mol. The van der Waals surface area contributed by atoms with E-state index in [0.29, 0.717) is 11.6 Å². The normalized spacial score (nSPS) is 11.1. The molecular weight excluding hydrogens is 203 g/mol. The zero-order valence-corrected chi connectivity index (χ0v) is 9.74. The van der Waals surface area contributed by atoms with E-state index >= 15 is 0 Å². The highest BCUT2D eigenvalue weighted by atomic mass is 19.1. The molecule has 16 heavy (non-hydrogen) atoms. The third kappa shape index (κ3) is 1.85. The van der Waals surface area contributed by atoms with E-state index in [1.54, 1.807) is 11.7 Å². The zero-order chi connectivity index (χ0) is 11.7. The summed E-state index contributed by atoms with van der Waals surface area (Å²) in [6.45, 7) is 4.28. The molecule has 0 saturated heterocycles. The maximum Gasteiger partial charge on any atom is 0.169 e. The van der Waals surface area contributed by atoms with Crippen molar-refractivity contribution in [3.8, 4) is 11.3 Å². The van der Waals surface area contributed by atoms with Crippen LogP contribution in [0.1, 0.15) is 25.3 Å². The molecule has 84 valence electrons. The first kappa shape index (κ1) is 10.9. The summed E-state index contributed by atoms with van der Waals surface area (Å²) < 4.78 is 15.0. The number of rotatable bonds is 2. The lowest BCUT2D eigenvalue weighted by molar-refractivity contribution is 0.629. The summed E-state index contributed by atoms with van der Waals surface area (Å²) in [6.07, 6.45) is 1.24. The van der Waals surface area contributed by atoms with Crippen molar-refractivity contribution in [1.29, 1.82) is 0 Å². The first-order valence-corrected chi connectivity index (χ1v) is 5.37. The molecule has 0 atom stereocenters. The highest BCUT2D eigenvalue weighted by Gasteiger charge is 2.10. The Kier molecular flexibility index (Phi) is 2.77. The van der Waals surface area contributed by atoms with Gasteiger partial charge in [-0.2, -0.15) is 5.10 Å². The van der Waals surface area contributed by atoms with Crippen molar-refractivity contribution in [2.75, 3.05) is 0 Å². The van der Waals surface area contributed by atoms with E-state index in [4.69, 9.17) is 0 Å². The van der Waals surface area contributed by atoms with Crippen LogP contribution in [0.2, 0.25) is 0 Å². The average Bonchev–Trinajstić information content (AvgIpc) is 2.59. The maximum absolute atomic E-state index is 13.5. The molecule has 0 radical (unpaired) electrons. The molecule has 2 rings (SSSR count). The number of hydrogen-bond acceptors (Lipinski definition) is 1. The highest BCUT2D eigenvalue weighted by Crippen LogP contribution is 2.24. The Morgan fingerprint density at radius 3 is 2.25 bits per heavy atom. The number of nitrogens with zero attached hydrogens (tertiary/aromatic N) is 2. The molecule has 0 aliphatic heterocycles. The molecule has 2 nitrogen and oxygen atoms in total. The van der Waals surface area contributed by atoms with E-state index in [0.717, 1.165) is 5.56 Å².